The first kappa shape index (κ1) is 12.7. The summed E-state index contributed by atoms with van der Waals surface area (Å²) in [6.07, 6.45) is 5.49. The summed E-state index contributed by atoms with van der Waals surface area (Å²) in [6, 6.07) is 16.2. The minimum absolute atomic E-state index is 0.830. The smallest absolute Gasteiger partial charge is 0.155 e. The van der Waals surface area contributed by atoms with Crippen LogP contribution in [0.5, 0.6) is 0 Å². The Balaban J connectivity index is 1.92. The molecule has 4 nitrogen and oxygen atoms in total. The molecule has 0 unspecified atom stereocenters. The molecule has 0 N–H and O–H groups in total. The molecule has 0 spiro atoms. The fourth-order valence-corrected chi connectivity index (χ4v) is 2.60. The molecule has 0 saturated carbocycles. The van der Waals surface area contributed by atoms with Crippen molar-refractivity contribution >= 4 is 5.65 Å². The molecule has 0 saturated heterocycles. The van der Waals surface area contributed by atoms with Crippen molar-refractivity contribution in [3.05, 3.63) is 72.7 Å². The number of aromatic nitrogens is 4. The van der Waals surface area contributed by atoms with E-state index in [1.807, 2.05) is 30.6 Å². The van der Waals surface area contributed by atoms with E-state index < -0.39 is 0 Å². The predicted molar refractivity (Wildman–Crippen MR) is 86.4 cm³/mol. The monoisotopic (exact) mass is 286 g/mol. The molecule has 106 valence electrons. The molecular weight excluding hydrogens is 272 g/mol. The van der Waals surface area contributed by atoms with E-state index in [0.29, 0.717) is 0 Å². The van der Waals surface area contributed by atoms with Crippen molar-refractivity contribution in [3.8, 4) is 22.5 Å². The van der Waals surface area contributed by atoms with Crippen molar-refractivity contribution in [1.29, 1.82) is 0 Å². The molecule has 0 aliphatic carbocycles. The van der Waals surface area contributed by atoms with Crippen LogP contribution in [0.4, 0.5) is 0 Å². The lowest BCUT2D eigenvalue weighted by atomic mass is 10.0. The van der Waals surface area contributed by atoms with Crippen LogP contribution in [0.1, 0.15) is 5.56 Å². The summed E-state index contributed by atoms with van der Waals surface area (Å²) in [4.78, 5) is 9.25. The highest BCUT2D eigenvalue weighted by Gasteiger charge is 2.10. The second-order valence-electron chi connectivity index (χ2n) is 5.22. The Morgan fingerprint density at radius 2 is 1.91 bits per heavy atom. The molecule has 0 radical (unpaired) electrons. The van der Waals surface area contributed by atoms with Crippen LogP contribution in [0.2, 0.25) is 0 Å². The van der Waals surface area contributed by atoms with Crippen LogP contribution in [0.15, 0.2) is 67.1 Å². The van der Waals surface area contributed by atoms with Crippen LogP contribution in [-0.2, 0) is 0 Å². The normalized spacial score (nSPS) is 11.0. The largest absolute Gasteiger partial charge is 0.256 e. The highest BCUT2D eigenvalue weighted by molar-refractivity contribution is 5.79. The lowest BCUT2D eigenvalue weighted by molar-refractivity contribution is 0.941. The summed E-state index contributed by atoms with van der Waals surface area (Å²) in [7, 11) is 0. The highest BCUT2D eigenvalue weighted by atomic mass is 15.2. The second-order valence-corrected chi connectivity index (χ2v) is 5.22. The van der Waals surface area contributed by atoms with E-state index in [4.69, 9.17) is 0 Å². The molecule has 0 bridgehead atoms. The molecule has 0 aliphatic rings. The van der Waals surface area contributed by atoms with E-state index in [1.54, 1.807) is 10.7 Å². The molecule has 0 aliphatic heterocycles. The van der Waals surface area contributed by atoms with Crippen LogP contribution >= 0.6 is 0 Å². The second kappa shape index (κ2) is 5.07. The summed E-state index contributed by atoms with van der Waals surface area (Å²) < 4.78 is 1.76. The molecule has 0 amide bonds. The summed E-state index contributed by atoms with van der Waals surface area (Å²) in [5.41, 5.74) is 6.02. The van der Waals surface area contributed by atoms with E-state index >= 15 is 0 Å². The van der Waals surface area contributed by atoms with Gasteiger partial charge in [0.2, 0.25) is 0 Å². The third-order valence-electron chi connectivity index (χ3n) is 3.63. The van der Waals surface area contributed by atoms with Crippen molar-refractivity contribution in [3.63, 3.8) is 0 Å². The van der Waals surface area contributed by atoms with Crippen LogP contribution < -0.4 is 0 Å². The van der Waals surface area contributed by atoms with E-state index in [0.717, 1.165) is 28.2 Å². The van der Waals surface area contributed by atoms with Crippen LogP contribution in [0.25, 0.3) is 28.2 Å². The lowest BCUT2D eigenvalue weighted by Crippen LogP contribution is -1.94. The number of fused-ring (bicyclic) bond motifs is 1. The number of aryl methyl sites for hydroxylation is 1. The van der Waals surface area contributed by atoms with Gasteiger partial charge in [-0.15, -0.1) is 0 Å². The third kappa shape index (κ3) is 2.15. The zero-order valence-corrected chi connectivity index (χ0v) is 12.1. The molecule has 4 heteroatoms. The van der Waals surface area contributed by atoms with E-state index in [-0.39, 0.29) is 0 Å². The first-order valence-corrected chi connectivity index (χ1v) is 7.14. The topological polar surface area (TPSA) is 43.1 Å². The first-order valence-electron chi connectivity index (χ1n) is 7.14. The molecule has 0 atom stereocenters. The summed E-state index contributed by atoms with van der Waals surface area (Å²) in [6.45, 7) is 2.09. The maximum Gasteiger partial charge on any atom is 0.155 e. The van der Waals surface area contributed by atoms with Gasteiger partial charge in [-0.25, -0.2) is 9.50 Å². The number of hydrogen-bond donors (Lipinski definition) is 0. The van der Waals surface area contributed by atoms with Gasteiger partial charge in [-0.05, 0) is 31.2 Å². The minimum Gasteiger partial charge on any atom is -0.256 e. The van der Waals surface area contributed by atoms with Crippen LogP contribution in [-0.4, -0.2) is 19.6 Å². The van der Waals surface area contributed by atoms with Gasteiger partial charge in [-0.1, -0.05) is 23.8 Å². The summed E-state index contributed by atoms with van der Waals surface area (Å²) in [5.74, 6) is 0. The average Bonchev–Trinajstić information content (AvgIpc) is 3.02. The van der Waals surface area contributed by atoms with Crippen molar-refractivity contribution in [1.82, 2.24) is 19.6 Å². The maximum absolute atomic E-state index is 4.67. The van der Waals surface area contributed by atoms with Gasteiger partial charge in [-0.3, -0.25) is 4.98 Å². The van der Waals surface area contributed by atoms with Gasteiger partial charge < -0.3 is 0 Å². The quantitative estimate of drug-likeness (QED) is 0.563. The van der Waals surface area contributed by atoms with Crippen molar-refractivity contribution in [2.45, 2.75) is 6.92 Å². The van der Waals surface area contributed by atoms with Crippen molar-refractivity contribution in [2.24, 2.45) is 0 Å². The Labute approximate surface area is 128 Å². The van der Waals surface area contributed by atoms with E-state index in [1.165, 1.54) is 5.56 Å². The van der Waals surface area contributed by atoms with Gasteiger partial charge in [0, 0.05) is 29.6 Å². The Hall–Kier alpha value is -3.01. The van der Waals surface area contributed by atoms with Gasteiger partial charge in [0.1, 0.15) is 0 Å². The van der Waals surface area contributed by atoms with E-state index in [2.05, 4.69) is 52.3 Å². The fraction of sp³-hybridized carbons (Fsp3) is 0.0556. The van der Waals surface area contributed by atoms with Gasteiger partial charge in [0.05, 0.1) is 17.6 Å². The Morgan fingerprint density at radius 1 is 0.955 bits per heavy atom. The van der Waals surface area contributed by atoms with Gasteiger partial charge in [0.15, 0.2) is 5.65 Å². The average molecular weight is 286 g/mol. The standard InChI is InChI=1S/C18H14N4/c1-13-4-2-5-14(12-13)18-15(6-3-9-19-18)16-8-11-22-17(21-16)7-10-20-22/h2-12H,1H3. The Morgan fingerprint density at radius 3 is 2.82 bits per heavy atom. The molecule has 0 fully saturated rings. The zero-order valence-electron chi connectivity index (χ0n) is 12.1. The van der Waals surface area contributed by atoms with Crippen molar-refractivity contribution in [2.75, 3.05) is 0 Å². The van der Waals surface area contributed by atoms with E-state index in [9.17, 15) is 0 Å². The van der Waals surface area contributed by atoms with Crippen molar-refractivity contribution < 1.29 is 0 Å². The number of rotatable bonds is 2. The number of pyridine rings is 1. The molecule has 1 aromatic carbocycles. The Kier molecular flexibility index (Phi) is 2.93. The number of hydrogen-bond acceptors (Lipinski definition) is 3. The maximum atomic E-state index is 4.67. The fourth-order valence-electron chi connectivity index (χ4n) is 2.60. The van der Waals surface area contributed by atoms with Gasteiger partial charge >= 0.3 is 0 Å². The zero-order chi connectivity index (χ0) is 14.9. The highest BCUT2D eigenvalue weighted by Crippen LogP contribution is 2.29. The SMILES string of the molecule is Cc1cccc(-c2ncccc2-c2ccn3nccc3n2)c1. The number of nitrogens with zero attached hydrogens (tertiary/aromatic N) is 4. The van der Waals surface area contributed by atoms with Gasteiger partial charge in [0.25, 0.3) is 0 Å². The molecule has 4 rings (SSSR count). The first-order chi connectivity index (χ1) is 10.8. The molecule has 22 heavy (non-hydrogen) atoms. The van der Waals surface area contributed by atoms with Crippen LogP contribution in [0.3, 0.4) is 0 Å². The third-order valence-corrected chi connectivity index (χ3v) is 3.63. The summed E-state index contributed by atoms with van der Waals surface area (Å²) in [5, 5.41) is 4.18. The molecule has 4 aromatic rings. The van der Waals surface area contributed by atoms with Gasteiger partial charge in [-0.2, -0.15) is 5.10 Å². The number of benzene rings is 1. The molecular formula is C18H14N4. The lowest BCUT2D eigenvalue weighted by Gasteiger charge is -2.09. The van der Waals surface area contributed by atoms with Crippen LogP contribution in [0, 0.1) is 6.92 Å². The Bertz CT molecular complexity index is 956. The predicted octanol–water partition coefficient (Wildman–Crippen LogP) is 3.77. The minimum atomic E-state index is 0.830. The molecule has 3 aromatic heterocycles. The molecule has 3 heterocycles. The summed E-state index contributed by atoms with van der Waals surface area (Å²) >= 11 is 0.